The fourth-order valence-corrected chi connectivity index (χ4v) is 4.92. The van der Waals surface area contributed by atoms with Gasteiger partial charge in [0.25, 0.3) is 6.33 Å². The smallest absolute Gasteiger partial charge is 0.434 e. The second-order valence-corrected chi connectivity index (χ2v) is 10.8. The van der Waals surface area contributed by atoms with Gasteiger partial charge in [-0.3, -0.25) is 4.90 Å². The normalized spacial score (nSPS) is 15.5. The predicted octanol–water partition coefficient (Wildman–Crippen LogP) is 2.41. The third-order valence-corrected chi connectivity index (χ3v) is 7.27. The average molecular weight is 613 g/mol. The number of nitrogens with zero attached hydrogens (tertiary/aromatic N) is 9. The molecule has 2 aromatic heterocycles. The predicted molar refractivity (Wildman–Crippen MR) is 148 cm³/mol. The van der Waals surface area contributed by atoms with Gasteiger partial charge in [-0.05, 0) is 53.6 Å². The van der Waals surface area contributed by atoms with Crippen LogP contribution in [0.15, 0.2) is 61.4 Å². The molecule has 1 saturated heterocycles. The summed E-state index contributed by atoms with van der Waals surface area (Å²) in [5, 5.41) is 27.4. The summed E-state index contributed by atoms with van der Waals surface area (Å²) in [6.07, 6.45) is 3.40. The zero-order valence-electron chi connectivity index (χ0n) is 24.3. The van der Waals surface area contributed by atoms with Gasteiger partial charge in [-0.1, -0.05) is 19.9 Å². The number of rotatable bonds is 11. The topological polar surface area (TPSA) is 145 Å². The Kier molecular flexibility index (Phi) is 8.80. The fraction of sp³-hybridized carbons (Fsp3) is 0.393. The van der Waals surface area contributed by atoms with Crippen molar-refractivity contribution in [1.29, 1.82) is 0 Å². The monoisotopic (exact) mass is 612 g/mol. The molecule has 1 aliphatic rings. The van der Waals surface area contributed by atoms with E-state index in [4.69, 9.17) is 9.47 Å². The van der Waals surface area contributed by atoms with E-state index in [1.165, 1.54) is 37.8 Å². The van der Waals surface area contributed by atoms with Gasteiger partial charge in [0.05, 0.1) is 18.3 Å². The first-order valence-corrected chi connectivity index (χ1v) is 13.9. The quantitative estimate of drug-likeness (QED) is 0.199. The second kappa shape index (κ2) is 12.7. The van der Waals surface area contributed by atoms with E-state index in [1.807, 2.05) is 13.8 Å². The molecule has 14 nitrogen and oxygen atoms in total. The van der Waals surface area contributed by atoms with E-state index in [0.29, 0.717) is 24.0 Å². The number of anilines is 1. The molecule has 2 atom stereocenters. The Morgan fingerprint density at radius 1 is 1.09 bits per heavy atom. The minimum absolute atomic E-state index is 0.141. The summed E-state index contributed by atoms with van der Waals surface area (Å²) < 4.78 is 43.3. The molecular weight excluding hydrogens is 580 g/mol. The lowest BCUT2D eigenvalue weighted by Gasteiger charge is -2.38. The molecule has 232 valence electrons. The zero-order chi connectivity index (χ0) is 31.4. The van der Waals surface area contributed by atoms with E-state index >= 15 is 4.39 Å². The molecule has 0 radical (unpaired) electrons. The van der Waals surface area contributed by atoms with E-state index in [0.717, 1.165) is 12.1 Å². The highest BCUT2D eigenvalue weighted by molar-refractivity contribution is 5.94. The highest BCUT2D eigenvalue weighted by atomic mass is 19.1. The Morgan fingerprint density at radius 2 is 1.84 bits per heavy atom. The van der Waals surface area contributed by atoms with Crippen molar-refractivity contribution in [2.24, 2.45) is 5.92 Å². The van der Waals surface area contributed by atoms with Crippen LogP contribution < -0.4 is 9.47 Å². The molecule has 1 aliphatic heterocycles. The summed E-state index contributed by atoms with van der Waals surface area (Å²) in [5.41, 5.74) is -0.947. The van der Waals surface area contributed by atoms with Crippen LogP contribution in [0.4, 0.5) is 24.1 Å². The van der Waals surface area contributed by atoms with E-state index in [9.17, 15) is 19.1 Å². The number of hydrogen-bond acceptors (Lipinski definition) is 9. The molecule has 0 aliphatic carbocycles. The minimum atomic E-state index is -2.05. The Hall–Kier alpha value is -4.99. The second-order valence-electron chi connectivity index (χ2n) is 10.8. The number of aliphatic hydroxyl groups is 1. The van der Waals surface area contributed by atoms with E-state index in [1.54, 1.807) is 36.1 Å². The number of carbonyl (C=O) groups is 2. The van der Waals surface area contributed by atoms with Gasteiger partial charge in [0.1, 0.15) is 30.1 Å². The number of carbonyl (C=O) groups excluding carboxylic acids is 2. The van der Waals surface area contributed by atoms with Crippen LogP contribution in [-0.4, -0.2) is 77.9 Å². The summed E-state index contributed by atoms with van der Waals surface area (Å²) in [7, 11) is 0. The summed E-state index contributed by atoms with van der Waals surface area (Å²) in [6.45, 7) is 5.58. The molecule has 0 bridgehead atoms. The summed E-state index contributed by atoms with van der Waals surface area (Å²) >= 11 is 0. The number of urea groups is 1. The van der Waals surface area contributed by atoms with Crippen LogP contribution in [0.2, 0.25) is 0 Å². The highest BCUT2D eigenvalue weighted by Gasteiger charge is 2.47. The van der Waals surface area contributed by atoms with Crippen LogP contribution in [0.5, 0.6) is 0 Å². The molecule has 1 N–H and O–H groups in total. The van der Waals surface area contributed by atoms with Crippen molar-refractivity contribution in [3.63, 3.8) is 0 Å². The van der Waals surface area contributed by atoms with Crippen LogP contribution in [0.1, 0.15) is 26.3 Å². The molecular formula is C28H32F2N9O5+. The first-order valence-electron chi connectivity index (χ1n) is 13.9. The van der Waals surface area contributed by atoms with E-state index < -0.39 is 35.5 Å². The molecule has 0 saturated carbocycles. The number of hydrogen-bond donors (Lipinski definition) is 1. The van der Waals surface area contributed by atoms with Gasteiger partial charge in [-0.25, -0.2) is 27.6 Å². The van der Waals surface area contributed by atoms with Crippen LogP contribution in [0, 0.1) is 17.6 Å². The van der Waals surface area contributed by atoms with Crippen molar-refractivity contribution in [2.45, 2.75) is 45.7 Å². The molecule has 4 aromatic rings. The van der Waals surface area contributed by atoms with Crippen molar-refractivity contribution in [1.82, 2.24) is 34.9 Å². The van der Waals surface area contributed by atoms with Crippen molar-refractivity contribution in [2.75, 3.05) is 24.6 Å². The largest absolute Gasteiger partial charge is 0.511 e. The Labute approximate surface area is 251 Å². The molecule has 2 amide bonds. The van der Waals surface area contributed by atoms with Crippen molar-refractivity contribution in [3.8, 4) is 5.69 Å². The summed E-state index contributed by atoms with van der Waals surface area (Å²) in [5.74, 6) is -1.65. The van der Waals surface area contributed by atoms with Crippen molar-refractivity contribution < 1.29 is 37.5 Å². The van der Waals surface area contributed by atoms with Gasteiger partial charge >= 0.3 is 12.2 Å². The van der Waals surface area contributed by atoms with E-state index in [-0.39, 0.29) is 37.9 Å². The lowest BCUT2D eigenvalue weighted by Crippen LogP contribution is -2.53. The van der Waals surface area contributed by atoms with Crippen LogP contribution in [-0.2, 0) is 28.4 Å². The molecule has 0 unspecified atom stereocenters. The Balaban J connectivity index is 1.35. The number of amides is 2. The number of halogens is 2. The van der Waals surface area contributed by atoms with Gasteiger partial charge in [0, 0.05) is 35.5 Å². The molecule has 3 heterocycles. The summed E-state index contributed by atoms with van der Waals surface area (Å²) in [4.78, 5) is 28.4. The van der Waals surface area contributed by atoms with Gasteiger partial charge < -0.3 is 19.5 Å². The van der Waals surface area contributed by atoms with Crippen LogP contribution >= 0.6 is 0 Å². The van der Waals surface area contributed by atoms with E-state index in [2.05, 4.69) is 20.6 Å². The maximum Gasteiger partial charge on any atom is 0.511 e. The van der Waals surface area contributed by atoms with Gasteiger partial charge in [-0.15, -0.1) is 9.78 Å². The molecule has 5 rings (SSSR count). The lowest BCUT2D eigenvalue weighted by molar-refractivity contribution is -0.728. The molecule has 1 fully saturated rings. The van der Waals surface area contributed by atoms with Crippen LogP contribution in [0.25, 0.3) is 5.69 Å². The third-order valence-electron chi connectivity index (χ3n) is 7.27. The lowest BCUT2D eigenvalue weighted by atomic mass is 9.85. The zero-order valence-corrected chi connectivity index (χ0v) is 24.3. The Morgan fingerprint density at radius 3 is 2.52 bits per heavy atom. The third kappa shape index (κ3) is 6.49. The first-order chi connectivity index (χ1) is 21.0. The maximum atomic E-state index is 15.2. The molecule has 16 heteroatoms. The Bertz CT molecular complexity index is 1600. The summed E-state index contributed by atoms with van der Waals surface area (Å²) in [6, 6.07) is 8.50. The number of ether oxygens (including phenoxy) is 2. The van der Waals surface area contributed by atoms with Crippen LogP contribution in [0.3, 0.4) is 0 Å². The molecule has 0 spiro atoms. The highest BCUT2D eigenvalue weighted by Crippen LogP contribution is 2.35. The molecule has 44 heavy (non-hydrogen) atoms. The SMILES string of the molecule is CC(C)COC(=O)OC[n+]1cnn(C[C@](O)(c2ccc(F)cc2F)[C@@H](C)N2CCN(c3ccc(-n4cnnn4)cc3)C2=O)c1. The van der Waals surface area contributed by atoms with Gasteiger partial charge in [0.2, 0.25) is 13.1 Å². The maximum absolute atomic E-state index is 15.2. The fourth-order valence-electron chi connectivity index (χ4n) is 4.92. The minimum Gasteiger partial charge on any atom is -0.434 e. The number of benzene rings is 2. The number of tetrazole rings is 1. The van der Waals surface area contributed by atoms with Gasteiger partial charge in [0.15, 0.2) is 0 Å². The first kappa shape index (κ1) is 30.5. The standard InChI is InChI=1S/C28H32F2N9O5/c1-19(2)13-43-27(41)44-18-35-16-32-36(17-35)14-28(42,24-9-4-21(29)12-25(24)30)20(3)37-10-11-38(26(37)40)22-5-7-23(8-6-22)39-15-31-33-34-39/h4-9,12,15-17,19-20,42H,10-11,13-14,18H2,1-3H3/q+1/t20-,28-/m1/s1. The van der Waals surface area contributed by atoms with Crippen molar-refractivity contribution >= 4 is 17.9 Å². The number of aromatic nitrogens is 7. The van der Waals surface area contributed by atoms with Crippen molar-refractivity contribution in [3.05, 3.63) is 78.6 Å². The molecule has 2 aromatic carbocycles. The average Bonchev–Trinajstić information content (AvgIpc) is 3.76. The van der Waals surface area contributed by atoms with Gasteiger partial charge in [-0.2, -0.15) is 0 Å².